The Labute approximate surface area is 104 Å². The highest BCUT2D eigenvalue weighted by Crippen LogP contribution is 2.35. The zero-order valence-corrected chi connectivity index (χ0v) is 10.9. The topological polar surface area (TPSA) is 34.4 Å². The highest BCUT2D eigenvalue weighted by Gasteiger charge is 2.39. The molecule has 1 heterocycles. The molecular formula is C14H23NO2. The first kappa shape index (κ1) is 12.7. The largest absolute Gasteiger partial charge is 0.469 e. The fourth-order valence-corrected chi connectivity index (χ4v) is 3.03. The van der Waals surface area contributed by atoms with Crippen LogP contribution in [0.3, 0.4) is 0 Å². The number of methoxy groups -OCH3 is 1. The molecule has 17 heavy (non-hydrogen) atoms. The summed E-state index contributed by atoms with van der Waals surface area (Å²) in [6.07, 6.45) is 8.81. The van der Waals surface area contributed by atoms with Gasteiger partial charge in [-0.2, -0.15) is 0 Å². The molecule has 3 heteroatoms. The van der Waals surface area contributed by atoms with E-state index < -0.39 is 0 Å². The van der Waals surface area contributed by atoms with Gasteiger partial charge in [-0.3, -0.25) is 0 Å². The molecule has 96 valence electrons. The van der Waals surface area contributed by atoms with E-state index in [0.717, 1.165) is 25.0 Å². The van der Waals surface area contributed by atoms with Crippen LogP contribution in [0.1, 0.15) is 37.9 Å². The van der Waals surface area contributed by atoms with Crippen molar-refractivity contribution in [2.24, 2.45) is 0 Å². The van der Waals surface area contributed by atoms with Gasteiger partial charge in [0.2, 0.25) is 0 Å². The zero-order valence-electron chi connectivity index (χ0n) is 10.9. The van der Waals surface area contributed by atoms with Gasteiger partial charge in [0.25, 0.3) is 0 Å². The summed E-state index contributed by atoms with van der Waals surface area (Å²) in [5.41, 5.74) is -0.0141. The van der Waals surface area contributed by atoms with Crippen LogP contribution in [0.5, 0.6) is 0 Å². The molecule has 1 aromatic heterocycles. The predicted molar refractivity (Wildman–Crippen MR) is 68.1 cm³/mol. The maximum absolute atomic E-state index is 5.88. The lowest BCUT2D eigenvalue weighted by Gasteiger charge is -2.42. The van der Waals surface area contributed by atoms with Gasteiger partial charge in [-0.15, -0.1) is 0 Å². The summed E-state index contributed by atoms with van der Waals surface area (Å²) in [6, 6.07) is 4.32. The number of likely N-dealkylation sites (N-methyl/N-ethyl adjacent to an activating group) is 1. The number of rotatable bonds is 5. The molecule has 0 bridgehead atoms. The fraction of sp³-hybridized carbons (Fsp3) is 0.714. The van der Waals surface area contributed by atoms with Gasteiger partial charge in [0, 0.05) is 19.6 Å². The van der Waals surface area contributed by atoms with E-state index in [1.54, 1.807) is 6.26 Å². The van der Waals surface area contributed by atoms with Crippen molar-refractivity contribution in [3.05, 3.63) is 24.2 Å². The maximum atomic E-state index is 5.88. The number of nitrogens with one attached hydrogen (secondary N) is 1. The van der Waals surface area contributed by atoms with Crippen LogP contribution in [0.15, 0.2) is 22.8 Å². The average Bonchev–Trinajstić information content (AvgIpc) is 2.89. The molecule has 1 N–H and O–H groups in total. The van der Waals surface area contributed by atoms with Crippen LogP contribution in [0.2, 0.25) is 0 Å². The minimum atomic E-state index is -0.0141. The molecule has 0 aliphatic heterocycles. The first-order valence-corrected chi connectivity index (χ1v) is 6.55. The van der Waals surface area contributed by atoms with Gasteiger partial charge >= 0.3 is 0 Å². The van der Waals surface area contributed by atoms with Crippen molar-refractivity contribution in [3.8, 4) is 0 Å². The molecule has 1 aromatic rings. The minimum Gasteiger partial charge on any atom is -0.469 e. The van der Waals surface area contributed by atoms with Gasteiger partial charge < -0.3 is 14.5 Å². The SMILES string of the molecule is CNC(Cc1ccco1)C1(OC)CCCCC1. The Morgan fingerprint density at radius 2 is 2.18 bits per heavy atom. The van der Waals surface area contributed by atoms with Crippen LogP contribution >= 0.6 is 0 Å². The van der Waals surface area contributed by atoms with Gasteiger partial charge in [-0.25, -0.2) is 0 Å². The van der Waals surface area contributed by atoms with Gasteiger partial charge in [-0.1, -0.05) is 19.3 Å². The molecule has 3 nitrogen and oxygen atoms in total. The summed E-state index contributed by atoms with van der Waals surface area (Å²) < 4.78 is 11.3. The maximum Gasteiger partial charge on any atom is 0.105 e. The molecule has 1 fully saturated rings. The van der Waals surface area contributed by atoms with E-state index in [2.05, 4.69) is 5.32 Å². The third-order valence-corrected chi connectivity index (χ3v) is 4.08. The lowest BCUT2D eigenvalue weighted by molar-refractivity contribution is -0.0666. The monoisotopic (exact) mass is 237 g/mol. The normalized spacial score (nSPS) is 21.3. The van der Waals surface area contributed by atoms with Gasteiger partial charge in [0.15, 0.2) is 0 Å². The lowest BCUT2D eigenvalue weighted by atomic mass is 9.77. The van der Waals surface area contributed by atoms with Crippen LogP contribution in [0.4, 0.5) is 0 Å². The fourth-order valence-electron chi connectivity index (χ4n) is 3.03. The number of furan rings is 1. The van der Waals surface area contributed by atoms with E-state index in [0.29, 0.717) is 6.04 Å². The Hall–Kier alpha value is -0.800. The molecule has 1 aliphatic rings. The average molecular weight is 237 g/mol. The van der Waals surface area contributed by atoms with Gasteiger partial charge in [0.05, 0.1) is 11.9 Å². The molecule has 0 aromatic carbocycles. The van der Waals surface area contributed by atoms with Crippen LogP contribution in [0, 0.1) is 0 Å². The Morgan fingerprint density at radius 1 is 1.41 bits per heavy atom. The van der Waals surface area contributed by atoms with Crippen LogP contribution in [0.25, 0.3) is 0 Å². The van der Waals surface area contributed by atoms with Crippen molar-refractivity contribution in [2.45, 2.75) is 50.2 Å². The van der Waals surface area contributed by atoms with E-state index in [1.807, 2.05) is 26.3 Å². The summed E-state index contributed by atoms with van der Waals surface area (Å²) in [4.78, 5) is 0. The molecule has 0 spiro atoms. The van der Waals surface area contributed by atoms with Crippen LogP contribution in [-0.4, -0.2) is 25.8 Å². The van der Waals surface area contributed by atoms with E-state index in [1.165, 1.54) is 19.3 Å². The Kier molecular flexibility index (Phi) is 4.24. The van der Waals surface area contributed by atoms with Crippen molar-refractivity contribution in [1.82, 2.24) is 5.32 Å². The van der Waals surface area contributed by atoms with Gasteiger partial charge in [-0.05, 0) is 32.0 Å². The molecule has 1 aliphatic carbocycles. The van der Waals surface area contributed by atoms with Crippen molar-refractivity contribution >= 4 is 0 Å². The number of hydrogen-bond acceptors (Lipinski definition) is 3. The summed E-state index contributed by atoms with van der Waals surface area (Å²) >= 11 is 0. The molecule has 0 saturated heterocycles. The minimum absolute atomic E-state index is 0.0141. The Balaban J connectivity index is 2.09. The summed E-state index contributed by atoms with van der Waals surface area (Å²) in [6.45, 7) is 0. The lowest BCUT2D eigenvalue weighted by Crippen LogP contribution is -2.53. The quantitative estimate of drug-likeness (QED) is 0.855. The molecule has 1 unspecified atom stereocenters. The molecule has 1 saturated carbocycles. The zero-order chi connectivity index (χ0) is 12.1. The standard InChI is InChI=1S/C14H23NO2/c1-15-13(11-12-7-6-10-17-12)14(16-2)8-4-3-5-9-14/h6-7,10,13,15H,3-5,8-9,11H2,1-2H3. The highest BCUT2D eigenvalue weighted by atomic mass is 16.5. The van der Waals surface area contributed by atoms with Gasteiger partial charge in [0.1, 0.15) is 5.76 Å². The summed E-state index contributed by atoms with van der Waals surface area (Å²) in [5, 5.41) is 3.42. The van der Waals surface area contributed by atoms with Crippen molar-refractivity contribution in [2.75, 3.05) is 14.2 Å². The number of hydrogen-bond donors (Lipinski definition) is 1. The third kappa shape index (κ3) is 2.72. The van der Waals surface area contributed by atoms with Crippen LogP contribution < -0.4 is 5.32 Å². The second-order valence-electron chi connectivity index (χ2n) is 4.95. The first-order valence-electron chi connectivity index (χ1n) is 6.55. The molecule has 0 radical (unpaired) electrons. The molecule has 1 atom stereocenters. The second kappa shape index (κ2) is 5.69. The van der Waals surface area contributed by atoms with Crippen molar-refractivity contribution in [3.63, 3.8) is 0 Å². The van der Waals surface area contributed by atoms with Crippen molar-refractivity contribution < 1.29 is 9.15 Å². The van der Waals surface area contributed by atoms with E-state index >= 15 is 0 Å². The number of ether oxygens (including phenoxy) is 1. The second-order valence-corrected chi connectivity index (χ2v) is 4.95. The smallest absolute Gasteiger partial charge is 0.105 e. The summed E-state index contributed by atoms with van der Waals surface area (Å²) in [5.74, 6) is 1.03. The third-order valence-electron chi connectivity index (χ3n) is 4.08. The van der Waals surface area contributed by atoms with E-state index in [-0.39, 0.29) is 5.60 Å². The molecule has 2 rings (SSSR count). The van der Waals surface area contributed by atoms with E-state index in [4.69, 9.17) is 9.15 Å². The molecule has 0 amide bonds. The molecular weight excluding hydrogens is 214 g/mol. The predicted octanol–water partition coefficient (Wildman–Crippen LogP) is 2.76. The summed E-state index contributed by atoms with van der Waals surface area (Å²) in [7, 11) is 3.86. The van der Waals surface area contributed by atoms with Crippen molar-refractivity contribution in [1.29, 1.82) is 0 Å². The Morgan fingerprint density at radius 3 is 2.71 bits per heavy atom. The van der Waals surface area contributed by atoms with E-state index in [9.17, 15) is 0 Å². The van der Waals surface area contributed by atoms with Crippen LogP contribution in [-0.2, 0) is 11.2 Å². The Bertz CT molecular complexity index is 315. The first-order chi connectivity index (χ1) is 8.30. The highest BCUT2D eigenvalue weighted by molar-refractivity contribution is 5.05.